The summed E-state index contributed by atoms with van der Waals surface area (Å²) in [6, 6.07) is 21.3. The molecule has 0 aliphatic carbocycles. The quantitative estimate of drug-likeness (QED) is 0.234. The molecule has 0 spiro atoms. The standard InChI is InChI=1S/C29H31ClN4O4S/c1-21-17-24(10-12-28(21)38-2)39(36,37)34(19-22-7-4-3-5-8-22)20-29(35)33-15-6-14-31-26-13-16-32-27-18-23(30)9-11-25(26)27/h3-5,7-13,16-18H,6,14-15,19-20H2,1-2H3,(H,31,32)(H,33,35). The minimum atomic E-state index is -3.95. The first-order valence-corrected chi connectivity index (χ1v) is 14.3. The first-order valence-electron chi connectivity index (χ1n) is 12.5. The van der Waals surface area contributed by atoms with Gasteiger partial charge < -0.3 is 15.4 Å². The first kappa shape index (κ1) is 28.4. The molecule has 10 heteroatoms. The van der Waals surface area contributed by atoms with Gasteiger partial charge >= 0.3 is 0 Å². The van der Waals surface area contributed by atoms with E-state index in [9.17, 15) is 13.2 Å². The van der Waals surface area contributed by atoms with Gasteiger partial charge in [0.05, 0.1) is 24.1 Å². The molecule has 2 N–H and O–H groups in total. The van der Waals surface area contributed by atoms with Crippen molar-refractivity contribution in [3.63, 3.8) is 0 Å². The van der Waals surface area contributed by atoms with Crippen molar-refractivity contribution in [2.45, 2.75) is 24.8 Å². The maximum Gasteiger partial charge on any atom is 0.243 e. The molecule has 204 valence electrons. The summed E-state index contributed by atoms with van der Waals surface area (Å²) in [7, 11) is -2.41. The highest BCUT2D eigenvalue weighted by Crippen LogP contribution is 2.26. The van der Waals surface area contributed by atoms with Gasteiger partial charge in [0.1, 0.15) is 5.75 Å². The Balaban J connectivity index is 1.38. The number of carbonyl (C=O) groups is 1. The van der Waals surface area contributed by atoms with Crippen molar-refractivity contribution in [3.8, 4) is 5.75 Å². The van der Waals surface area contributed by atoms with Crippen molar-refractivity contribution in [3.05, 3.63) is 95.1 Å². The Morgan fingerprint density at radius 3 is 2.56 bits per heavy atom. The summed E-state index contributed by atoms with van der Waals surface area (Å²) in [5.41, 5.74) is 3.21. The number of nitrogens with one attached hydrogen (secondary N) is 2. The lowest BCUT2D eigenvalue weighted by Gasteiger charge is -2.22. The van der Waals surface area contributed by atoms with Gasteiger partial charge in [0.25, 0.3) is 0 Å². The molecular formula is C29H31ClN4O4S. The van der Waals surface area contributed by atoms with E-state index in [1.54, 1.807) is 25.3 Å². The molecule has 0 fully saturated rings. The summed E-state index contributed by atoms with van der Waals surface area (Å²) < 4.78 is 33.6. The van der Waals surface area contributed by atoms with Crippen LogP contribution in [-0.2, 0) is 21.4 Å². The number of pyridine rings is 1. The zero-order chi connectivity index (χ0) is 27.8. The van der Waals surface area contributed by atoms with E-state index in [2.05, 4.69) is 15.6 Å². The lowest BCUT2D eigenvalue weighted by Crippen LogP contribution is -2.40. The highest BCUT2D eigenvalue weighted by molar-refractivity contribution is 7.89. The fraction of sp³-hybridized carbons (Fsp3) is 0.241. The molecule has 0 radical (unpaired) electrons. The summed E-state index contributed by atoms with van der Waals surface area (Å²) >= 11 is 6.06. The molecule has 4 aromatic rings. The van der Waals surface area contributed by atoms with Gasteiger partial charge in [-0.15, -0.1) is 0 Å². The minimum absolute atomic E-state index is 0.0718. The second kappa shape index (κ2) is 12.9. The van der Waals surface area contributed by atoms with Crippen LogP contribution in [0.25, 0.3) is 10.9 Å². The Labute approximate surface area is 234 Å². The van der Waals surface area contributed by atoms with Crippen LogP contribution < -0.4 is 15.4 Å². The molecule has 4 rings (SSSR count). The number of amides is 1. The van der Waals surface area contributed by atoms with Gasteiger partial charge in [-0.2, -0.15) is 4.31 Å². The molecule has 3 aromatic carbocycles. The van der Waals surface area contributed by atoms with E-state index >= 15 is 0 Å². The number of hydrogen-bond donors (Lipinski definition) is 2. The lowest BCUT2D eigenvalue weighted by atomic mass is 10.2. The number of carbonyl (C=O) groups excluding carboxylic acids is 1. The van der Waals surface area contributed by atoms with Crippen molar-refractivity contribution in [2.75, 3.05) is 32.1 Å². The third-order valence-corrected chi connectivity index (χ3v) is 8.24. The molecule has 0 aliphatic rings. The Bertz CT molecular complexity index is 1550. The molecule has 1 heterocycles. The first-order chi connectivity index (χ1) is 18.8. The van der Waals surface area contributed by atoms with Crippen LogP contribution >= 0.6 is 11.6 Å². The van der Waals surface area contributed by atoms with Crippen molar-refractivity contribution >= 4 is 44.1 Å². The molecule has 1 aromatic heterocycles. The second-order valence-corrected chi connectivity index (χ2v) is 11.4. The fourth-order valence-corrected chi connectivity index (χ4v) is 5.84. The number of aryl methyl sites for hydroxylation is 1. The molecule has 0 saturated heterocycles. The summed E-state index contributed by atoms with van der Waals surface area (Å²) in [6.07, 6.45) is 2.36. The van der Waals surface area contributed by atoms with E-state index in [1.807, 2.05) is 54.6 Å². The molecule has 1 amide bonds. The number of rotatable bonds is 12. The Morgan fingerprint density at radius 1 is 1.03 bits per heavy atom. The van der Waals surface area contributed by atoms with Crippen LogP contribution in [0.3, 0.4) is 0 Å². The largest absolute Gasteiger partial charge is 0.496 e. The van der Waals surface area contributed by atoms with Crippen LogP contribution in [0.4, 0.5) is 5.69 Å². The summed E-state index contributed by atoms with van der Waals surface area (Å²) in [5.74, 6) is 0.224. The summed E-state index contributed by atoms with van der Waals surface area (Å²) in [5, 5.41) is 7.80. The van der Waals surface area contributed by atoms with E-state index in [4.69, 9.17) is 16.3 Å². The normalized spacial score (nSPS) is 11.5. The molecule has 0 unspecified atom stereocenters. The van der Waals surface area contributed by atoms with Crippen molar-refractivity contribution in [1.29, 1.82) is 0 Å². The topological polar surface area (TPSA) is 101 Å². The molecule has 0 aliphatic heterocycles. The van der Waals surface area contributed by atoms with E-state index in [0.29, 0.717) is 35.8 Å². The van der Waals surface area contributed by atoms with E-state index in [-0.39, 0.29) is 23.9 Å². The molecule has 0 atom stereocenters. The zero-order valence-electron chi connectivity index (χ0n) is 21.9. The third-order valence-electron chi connectivity index (χ3n) is 6.22. The Morgan fingerprint density at radius 2 is 1.82 bits per heavy atom. The number of aromatic nitrogens is 1. The second-order valence-electron chi connectivity index (χ2n) is 9.04. The van der Waals surface area contributed by atoms with Crippen LogP contribution in [0.1, 0.15) is 17.5 Å². The predicted octanol–water partition coefficient (Wildman–Crippen LogP) is 5.01. The summed E-state index contributed by atoms with van der Waals surface area (Å²) in [6.45, 7) is 2.55. The number of halogens is 1. The number of nitrogens with zero attached hydrogens (tertiary/aromatic N) is 2. The average molecular weight is 567 g/mol. The predicted molar refractivity (Wildman–Crippen MR) is 155 cm³/mol. The zero-order valence-corrected chi connectivity index (χ0v) is 23.4. The van der Waals surface area contributed by atoms with Gasteiger partial charge in [0.15, 0.2) is 0 Å². The number of anilines is 1. The van der Waals surface area contributed by atoms with E-state index in [1.165, 1.54) is 17.5 Å². The number of fused-ring (bicyclic) bond motifs is 1. The van der Waals surface area contributed by atoms with Crippen LogP contribution in [0, 0.1) is 6.92 Å². The molecule has 0 saturated carbocycles. The van der Waals surface area contributed by atoms with E-state index < -0.39 is 10.0 Å². The molecule has 8 nitrogen and oxygen atoms in total. The number of sulfonamides is 1. The van der Waals surface area contributed by atoms with Crippen molar-refractivity contribution in [1.82, 2.24) is 14.6 Å². The molecule has 0 bridgehead atoms. The van der Waals surface area contributed by atoms with Gasteiger partial charge in [0.2, 0.25) is 15.9 Å². The third kappa shape index (κ3) is 7.26. The van der Waals surface area contributed by atoms with E-state index in [0.717, 1.165) is 22.2 Å². The SMILES string of the molecule is COc1ccc(S(=O)(=O)N(CC(=O)NCCCNc2ccnc3cc(Cl)ccc23)Cc2ccccc2)cc1C. The molecule has 39 heavy (non-hydrogen) atoms. The number of benzene rings is 3. The van der Waals surface area contributed by atoms with Gasteiger partial charge in [-0.1, -0.05) is 41.9 Å². The maximum atomic E-state index is 13.6. The highest BCUT2D eigenvalue weighted by Gasteiger charge is 2.27. The van der Waals surface area contributed by atoms with Gasteiger partial charge in [-0.25, -0.2) is 8.42 Å². The highest BCUT2D eigenvalue weighted by atomic mass is 35.5. The van der Waals surface area contributed by atoms with Crippen LogP contribution in [0.15, 0.2) is 83.9 Å². The van der Waals surface area contributed by atoms with Gasteiger partial charge in [-0.05, 0) is 66.9 Å². The molecular weight excluding hydrogens is 536 g/mol. The lowest BCUT2D eigenvalue weighted by molar-refractivity contribution is -0.121. The van der Waals surface area contributed by atoms with Crippen molar-refractivity contribution < 1.29 is 17.9 Å². The number of methoxy groups -OCH3 is 1. The number of ether oxygens (including phenoxy) is 1. The Hall–Kier alpha value is -3.66. The minimum Gasteiger partial charge on any atom is -0.496 e. The van der Waals surface area contributed by atoms with Gasteiger partial charge in [-0.3, -0.25) is 9.78 Å². The monoisotopic (exact) mass is 566 g/mol. The smallest absolute Gasteiger partial charge is 0.243 e. The van der Waals surface area contributed by atoms with Crippen LogP contribution in [0.5, 0.6) is 5.75 Å². The van der Waals surface area contributed by atoms with Crippen molar-refractivity contribution in [2.24, 2.45) is 0 Å². The fourth-order valence-electron chi connectivity index (χ4n) is 4.20. The van der Waals surface area contributed by atoms with Crippen LogP contribution in [0.2, 0.25) is 5.02 Å². The average Bonchev–Trinajstić information content (AvgIpc) is 2.92. The Kier molecular flexibility index (Phi) is 9.40. The maximum absolute atomic E-state index is 13.6. The summed E-state index contributed by atoms with van der Waals surface area (Å²) in [4.78, 5) is 17.3. The van der Waals surface area contributed by atoms with Gasteiger partial charge in [0, 0.05) is 41.9 Å². The number of hydrogen-bond acceptors (Lipinski definition) is 6. The van der Waals surface area contributed by atoms with Crippen LogP contribution in [-0.4, -0.2) is 50.4 Å².